The molecule has 2 nitrogen and oxygen atoms in total. The topological polar surface area (TPSA) is 37.3 Å². The molecule has 0 unspecified atom stereocenters. The Hall–Kier alpha value is -1.33. The van der Waals surface area contributed by atoms with Crippen LogP contribution in [0, 0.1) is 0 Å². The molecular weight excluding hydrogens is 168 g/mol. The maximum absolute atomic E-state index is 11.2. The van der Waals surface area contributed by atoms with Gasteiger partial charge in [-0.25, -0.2) is 9.18 Å². The number of carbonyl (C=O) groups is 1. The lowest BCUT2D eigenvalue weighted by molar-refractivity contribution is -0.134. The van der Waals surface area contributed by atoms with Gasteiger partial charge in [-0.2, -0.15) is 13.2 Å². The maximum atomic E-state index is 11.2. The summed E-state index contributed by atoms with van der Waals surface area (Å²) in [4.78, 5) is 9.23. The molecule has 64 valence electrons. The maximum Gasteiger partial charge on any atom is 0.370 e. The number of hydrogen-bond acceptors (Lipinski definition) is 1. The minimum absolute atomic E-state index is 0.250. The molecule has 0 spiro atoms. The van der Waals surface area contributed by atoms with E-state index in [2.05, 4.69) is 6.58 Å². The Morgan fingerprint density at radius 1 is 1.36 bits per heavy atom. The van der Waals surface area contributed by atoms with Crippen molar-refractivity contribution in [2.75, 3.05) is 0 Å². The van der Waals surface area contributed by atoms with Crippen molar-refractivity contribution >= 4 is 5.97 Å². The van der Waals surface area contributed by atoms with Crippen LogP contribution in [0.5, 0.6) is 0 Å². The normalized spacial score (nSPS) is 7.27. The van der Waals surface area contributed by atoms with Crippen molar-refractivity contribution in [1.29, 1.82) is 0 Å². The third-order valence-corrected chi connectivity index (χ3v) is 0.354. The molecule has 0 saturated carbocycles. The van der Waals surface area contributed by atoms with Gasteiger partial charge in [0.25, 0.3) is 5.83 Å². The lowest BCUT2D eigenvalue weighted by Gasteiger charge is -1.81. The van der Waals surface area contributed by atoms with Gasteiger partial charge in [-0.15, -0.1) is 0 Å². The van der Waals surface area contributed by atoms with Gasteiger partial charge in [0.1, 0.15) is 0 Å². The molecule has 0 atom stereocenters. The van der Waals surface area contributed by atoms with Gasteiger partial charge in [0.05, 0.1) is 6.33 Å². The van der Waals surface area contributed by atoms with Crippen LogP contribution in [0.15, 0.2) is 24.8 Å². The molecule has 0 radical (unpaired) electrons. The molecule has 0 aromatic rings. The largest absolute Gasteiger partial charge is 0.476 e. The number of aliphatic carboxylic acids is 1. The summed E-state index contributed by atoms with van der Waals surface area (Å²) in [5, 5.41) is 7.44. The van der Waals surface area contributed by atoms with Gasteiger partial charge in [-0.1, -0.05) is 6.58 Å². The smallest absolute Gasteiger partial charge is 0.370 e. The second-order valence-electron chi connectivity index (χ2n) is 1.03. The van der Waals surface area contributed by atoms with Crippen molar-refractivity contribution in [3.63, 3.8) is 0 Å². The number of rotatable bonds is 1. The first-order valence-corrected chi connectivity index (χ1v) is 2.12. The highest BCUT2D eigenvalue weighted by molar-refractivity contribution is 5.84. The molecule has 0 heterocycles. The van der Waals surface area contributed by atoms with Crippen molar-refractivity contribution in [2.45, 2.75) is 0 Å². The van der Waals surface area contributed by atoms with E-state index in [-0.39, 0.29) is 6.33 Å². The molecule has 1 N–H and O–H groups in total. The molecule has 0 bridgehead atoms. The quantitative estimate of drug-likeness (QED) is 0.486. The van der Waals surface area contributed by atoms with Gasteiger partial charge in [0.2, 0.25) is 0 Å². The zero-order valence-corrected chi connectivity index (χ0v) is 5.15. The van der Waals surface area contributed by atoms with Crippen molar-refractivity contribution in [3.8, 4) is 0 Å². The highest BCUT2D eigenvalue weighted by atomic mass is 19.3. The SMILES string of the molecule is C=CF.O=C(O)C(F)=C(F)F. The van der Waals surface area contributed by atoms with Gasteiger partial charge in [0, 0.05) is 0 Å². The van der Waals surface area contributed by atoms with Crippen LogP contribution in [0.3, 0.4) is 0 Å². The fourth-order valence-corrected chi connectivity index (χ4v) is 0.0808. The Morgan fingerprint density at radius 2 is 1.64 bits per heavy atom. The van der Waals surface area contributed by atoms with Gasteiger partial charge in [0.15, 0.2) is 0 Å². The third kappa shape index (κ3) is 8.67. The highest BCUT2D eigenvalue weighted by Gasteiger charge is 2.12. The Morgan fingerprint density at radius 3 is 1.64 bits per heavy atom. The first-order valence-electron chi connectivity index (χ1n) is 2.12. The van der Waals surface area contributed by atoms with E-state index in [4.69, 9.17) is 5.11 Å². The summed E-state index contributed by atoms with van der Waals surface area (Å²) >= 11 is 0. The standard InChI is InChI=1S/C3HF3O2.C2H3F/c4-1(2(5)6)3(7)8;1-2-3/h(H,7,8);2H,1H2. The summed E-state index contributed by atoms with van der Waals surface area (Å²) in [6.07, 6.45) is -2.56. The van der Waals surface area contributed by atoms with Crippen molar-refractivity contribution in [1.82, 2.24) is 0 Å². The van der Waals surface area contributed by atoms with E-state index in [0.29, 0.717) is 0 Å². The van der Waals surface area contributed by atoms with E-state index in [9.17, 15) is 22.4 Å². The highest BCUT2D eigenvalue weighted by Crippen LogP contribution is 2.07. The predicted octanol–water partition coefficient (Wildman–Crippen LogP) is 2.25. The first-order chi connectivity index (χ1) is 4.97. The van der Waals surface area contributed by atoms with Crippen LogP contribution >= 0.6 is 0 Å². The Balaban J connectivity index is 0. The predicted molar refractivity (Wildman–Crippen MR) is 29.3 cm³/mol. The number of hydrogen-bond donors (Lipinski definition) is 1. The molecule has 0 fully saturated rings. The minimum atomic E-state index is -2.81. The van der Waals surface area contributed by atoms with Crippen LogP contribution < -0.4 is 0 Å². The summed E-state index contributed by atoms with van der Waals surface area (Å²) in [6, 6.07) is 0. The average Bonchev–Trinajstić information content (AvgIpc) is 1.87. The van der Waals surface area contributed by atoms with E-state index < -0.39 is 17.9 Å². The third-order valence-electron chi connectivity index (χ3n) is 0.354. The van der Waals surface area contributed by atoms with Gasteiger partial charge < -0.3 is 5.11 Å². The number of halogens is 4. The van der Waals surface area contributed by atoms with E-state index in [1.807, 2.05) is 0 Å². The molecule has 0 aliphatic carbocycles. The van der Waals surface area contributed by atoms with Crippen molar-refractivity contribution in [2.24, 2.45) is 0 Å². The fourth-order valence-electron chi connectivity index (χ4n) is 0.0808. The summed E-state index contributed by atoms with van der Waals surface area (Å²) < 4.78 is 42.8. The Kier molecular flexibility index (Phi) is 7.62. The molecule has 0 amide bonds. The van der Waals surface area contributed by atoms with Crippen LogP contribution in [-0.4, -0.2) is 11.1 Å². The van der Waals surface area contributed by atoms with E-state index >= 15 is 0 Å². The van der Waals surface area contributed by atoms with Crippen LogP contribution in [0.1, 0.15) is 0 Å². The van der Waals surface area contributed by atoms with Crippen LogP contribution in [0.2, 0.25) is 0 Å². The van der Waals surface area contributed by atoms with Crippen LogP contribution in [0.4, 0.5) is 17.6 Å². The lowest BCUT2D eigenvalue weighted by Crippen LogP contribution is -1.94. The zero-order chi connectivity index (χ0) is 9.44. The van der Waals surface area contributed by atoms with Crippen molar-refractivity contribution in [3.05, 3.63) is 24.8 Å². The van der Waals surface area contributed by atoms with Crippen LogP contribution in [-0.2, 0) is 4.79 Å². The molecule has 0 aromatic carbocycles. The zero-order valence-electron chi connectivity index (χ0n) is 5.15. The number of carboxylic acids is 1. The minimum Gasteiger partial charge on any atom is -0.476 e. The lowest BCUT2D eigenvalue weighted by atomic mass is 10.6. The molecule has 0 aliphatic heterocycles. The monoisotopic (exact) mass is 172 g/mol. The summed E-state index contributed by atoms with van der Waals surface area (Å²) in [5.41, 5.74) is 0. The van der Waals surface area contributed by atoms with Crippen molar-refractivity contribution < 1.29 is 27.5 Å². The molecule has 0 saturated heterocycles. The number of carboxylic acid groups (broad SMARTS) is 1. The molecule has 0 aliphatic rings. The van der Waals surface area contributed by atoms with E-state index in [0.717, 1.165) is 0 Å². The second kappa shape index (κ2) is 6.79. The average molecular weight is 172 g/mol. The van der Waals surface area contributed by atoms with Gasteiger partial charge in [-0.05, 0) is 0 Å². The molecule has 0 aromatic heterocycles. The summed E-state index contributed by atoms with van der Waals surface area (Å²) in [6.45, 7) is 2.69. The second-order valence-corrected chi connectivity index (χ2v) is 1.03. The molecule has 11 heavy (non-hydrogen) atoms. The summed E-state index contributed by atoms with van der Waals surface area (Å²) in [5.74, 6) is -4.64. The Bertz CT molecular complexity index is 171. The molecular formula is C5H4F4O2. The first kappa shape index (κ1) is 12.4. The van der Waals surface area contributed by atoms with E-state index in [1.54, 1.807) is 0 Å². The molecule has 0 rings (SSSR count). The molecule has 6 heteroatoms. The van der Waals surface area contributed by atoms with Crippen LogP contribution in [0.25, 0.3) is 0 Å². The van der Waals surface area contributed by atoms with E-state index in [1.165, 1.54) is 0 Å². The Labute approximate surface area is 59.4 Å². The fraction of sp³-hybridized carbons (Fsp3) is 0. The van der Waals surface area contributed by atoms with Gasteiger partial charge in [-0.3, -0.25) is 0 Å². The van der Waals surface area contributed by atoms with Gasteiger partial charge >= 0.3 is 12.0 Å². The summed E-state index contributed by atoms with van der Waals surface area (Å²) in [7, 11) is 0.